The van der Waals surface area contributed by atoms with Crippen molar-refractivity contribution in [3.63, 3.8) is 0 Å². The summed E-state index contributed by atoms with van der Waals surface area (Å²) in [6.45, 7) is 6.30. The minimum atomic E-state index is -0.865. The van der Waals surface area contributed by atoms with Crippen molar-refractivity contribution in [2.45, 2.75) is 39.6 Å². The first kappa shape index (κ1) is 21.8. The van der Waals surface area contributed by atoms with Gasteiger partial charge in [-0.1, -0.05) is 35.9 Å². The molecule has 2 atom stereocenters. The summed E-state index contributed by atoms with van der Waals surface area (Å²) >= 11 is 6.00. The Morgan fingerprint density at radius 3 is 2.62 bits per heavy atom. The number of nitrogens with zero attached hydrogens (tertiary/aromatic N) is 1. The minimum Gasteiger partial charge on any atom is -0.432 e. The van der Waals surface area contributed by atoms with Crippen molar-refractivity contribution < 1.29 is 18.9 Å². The molecule has 0 unspecified atom stereocenters. The molecule has 1 N–H and O–H groups in total. The maximum atomic E-state index is 14.1. The molecule has 1 fully saturated rings. The van der Waals surface area contributed by atoms with E-state index in [-0.39, 0.29) is 17.8 Å². The summed E-state index contributed by atoms with van der Waals surface area (Å²) in [7, 11) is -0.865. The van der Waals surface area contributed by atoms with Gasteiger partial charge in [-0.2, -0.15) is 0 Å². The van der Waals surface area contributed by atoms with Crippen LogP contribution in [0.4, 0.5) is 4.39 Å². The molecular weight excluding hydrogens is 392 g/mol. The predicted molar refractivity (Wildman–Crippen MR) is 114 cm³/mol. The van der Waals surface area contributed by atoms with Gasteiger partial charge in [-0.25, -0.2) is 4.39 Å². The third-order valence-electron chi connectivity index (χ3n) is 5.52. The van der Waals surface area contributed by atoms with E-state index in [1.165, 1.54) is 12.1 Å². The number of amides is 1. The number of halogens is 2. The topological polar surface area (TPSA) is 49.8 Å². The lowest BCUT2D eigenvalue weighted by Crippen LogP contribution is -2.46. The highest BCUT2D eigenvalue weighted by atomic mass is 35.5. The molecule has 3 rings (SSSR count). The van der Waals surface area contributed by atoms with E-state index in [2.05, 4.69) is 0 Å². The van der Waals surface area contributed by atoms with Gasteiger partial charge < -0.3 is 14.6 Å². The molecule has 0 saturated carbocycles. The fourth-order valence-corrected chi connectivity index (χ4v) is 4.26. The van der Waals surface area contributed by atoms with E-state index in [1.54, 1.807) is 17.7 Å². The molecule has 0 spiro atoms. The van der Waals surface area contributed by atoms with Gasteiger partial charge in [0.05, 0.1) is 12.0 Å². The quantitative estimate of drug-likeness (QED) is 0.678. The van der Waals surface area contributed by atoms with E-state index in [1.807, 2.05) is 38.1 Å². The second-order valence-corrected chi connectivity index (χ2v) is 8.36. The fraction of sp³-hybridized carbons (Fsp3) is 0.409. The van der Waals surface area contributed by atoms with E-state index in [4.69, 9.17) is 16.3 Å². The average molecular weight is 418 g/mol. The monoisotopic (exact) mass is 417 g/mol. The van der Waals surface area contributed by atoms with E-state index in [0.717, 1.165) is 11.1 Å². The van der Waals surface area contributed by atoms with Crippen molar-refractivity contribution in [1.82, 2.24) is 4.81 Å². The van der Waals surface area contributed by atoms with Crippen molar-refractivity contribution in [3.05, 3.63) is 58.9 Å². The van der Waals surface area contributed by atoms with Gasteiger partial charge in [0.2, 0.25) is 5.91 Å². The third-order valence-corrected chi connectivity index (χ3v) is 5.76. The zero-order valence-electron chi connectivity index (χ0n) is 17.0. The minimum absolute atomic E-state index is 0.0800. The Balaban J connectivity index is 1.79. The number of rotatable bonds is 7. The second-order valence-electron chi connectivity index (χ2n) is 7.93. The molecular formula is C22H26BClFNO3. The van der Waals surface area contributed by atoms with Crippen molar-refractivity contribution in [3.8, 4) is 11.1 Å². The lowest BCUT2D eigenvalue weighted by molar-refractivity contribution is -0.135. The van der Waals surface area contributed by atoms with Gasteiger partial charge in [0.25, 0.3) is 0 Å². The summed E-state index contributed by atoms with van der Waals surface area (Å²) in [6.07, 6.45) is 1.22. The van der Waals surface area contributed by atoms with Crippen molar-refractivity contribution in [2.24, 2.45) is 5.41 Å². The summed E-state index contributed by atoms with van der Waals surface area (Å²) in [6, 6.07) is 11.9. The molecule has 0 aliphatic carbocycles. The maximum absolute atomic E-state index is 14.1. The van der Waals surface area contributed by atoms with Crippen molar-refractivity contribution >= 4 is 24.6 Å². The molecule has 2 aromatic rings. The van der Waals surface area contributed by atoms with Gasteiger partial charge in [-0.3, -0.25) is 4.79 Å². The Bertz CT molecular complexity index is 877. The number of carbonyl (C=O) groups excluding carboxylic acids is 1. The Labute approximate surface area is 176 Å². The van der Waals surface area contributed by atoms with Crippen LogP contribution in [0, 0.1) is 11.2 Å². The van der Waals surface area contributed by atoms with Crippen LogP contribution in [0.3, 0.4) is 0 Å². The van der Waals surface area contributed by atoms with Crippen LogP contribution in [0.5, 0.6) is 0 Å². The molecule has 1 aliphatic rings. The van der Waals surface area contributed by atoms with Crippen LogP contribution in [-0.2, 0) is 16.0 Å². The van der Waals surface area contributed by atoms with Gasteiger partial charge in [0, 0.05) is 23.2 Å². The summed E-state index contributed by atoms with van der Waals surface area (Å²) in [5.74, 6) is -0.404. The number of carbonyl (C=O) groups is 1. The fourth-order valence-electron chi connectivity index (χ4n) is 4.09. The third kappa shape index (κ3) is 4.66. The van der Waals surface area contributed by atoms with Crippen LogP contribution < -0.4 is 0 Å². The average Bonchev–Trinajstić information content (AvgIpc) is 2.93. The molecule has 0 aromatic heterocycles. The highest BCUT2D eigenvalue weighted by Gasteiger charge is 2.50. The SMILES string of the molecule is CCOC[C@]1(C)C[C@@H](Cc2ccc(-c3cc(Cl)ccc3F)cc2)N(B(C)O)C1=O. The van der Waals surface area contributed by atoms with Crippen molar-refractivity contribution in [1.29, 1.82) is 0 Å². The molecule has 0 radical (unpaired) electrons. The highest BCUT2D eigenvalue weighted by molar-refractivity contribution is 6.49. The number of hydrogen-bond donors (Lipinski definition) is 1. The Morgan fingerprint density at radius 2 is 2.00 bits per heavy atom. The Hall–Kier alpha value is -1.89. The van der Waals surface area contributed by atoms with Gasteiger partial charge in [-0.15, -0.1) is 0 Å². The molecule has 1 aliphatic heterocycles. The molecule has 1 saturated heterocycles. The highest BCUT2D eigenvalue weighted by Crippen LogP contribution is 2.38. The Morgan fingerprint density at radius 1 is 1.31 bits per heavy atom. The summed E-state index contributed by atoms with van der Waals surface area (Å²) < 4.78 is 19.6. The first-order valence-corrected chi connectivity index (χ1v) is 10.3. The van der Waals surface area contributed by atoms with E-state index < -0.39 is 12.5 Å². The Kier molecular flexibility index (Phi) is 6.67. The lowest BCUT2D eigenvalue weighted by atomic mass is 9.83. The van der Waals surface area contributed by atoms with Crippen LogP contribution in [0.2, 0.25) is 11.8 Å². The summed E-state index contributed by atoms with van der Waals surface area (Å²) in [5.41, 5.74) is 1.57. The summed E-state index contributed by atoms with van der Waals surface area (Å²) in [5, 5.41) is 10.7. The molecule has 0 bridgehead atoms. The van der Waals surface area contributed by atoms with Crippen LogP contribution in [0.15, 0.2) is 42.5 Å². The number of ether oxygens (including phenoxy) is 1. The van der Waals surface area contributed by atoms with E-state index >= 15 is 0 Å². The van der Waals surface area contributed by atoms with Gasteiger partial charge in [0.15, 0.2) is 0 Å². The van der Waals surface area contributed by atoms with Crippen LogP contribution >= 0.6 is 11.6 Å². The van der Waals surface area contributed by atoms with Crippen LogP contribution in [0.25, 0.3) is 11.1 Å². The zero-order chi connectivity index (χ0) is 21.2. The summed E-state index contributed by atoms with van der Waals surface area (Å²) in [4.78, 5) is 14.5. The smallest absolute Gasteiger partial charge is 0.412 e. The molecule has 1 amide bonds. The first-order chi connectivity index (χ1) is 13.7. The van der Waals surface area contributed by atoms with E-state index in [9.17, 15) is 14.2 Å². The molecule has 29 heavy (non-hydrogen) atoms. The molecule has 7 heteroatoms. The molecule has 2 aromatic carbocycles. The normalized spacial score (nSPS) is 21.7. The van der Waals surface area contributed by atoms with Crippen LogP contribution in [-0.4, -0.2) is 42.0 Å². The zero-order valence-corrected chi connectivity index (χ0v) is 17.7. The van der Waals surface area contributed by atoms with Gasteiger partial charge in [0.1, 0.15) is 5.82 Å². The van der Waals surface area contributed by atoms with Gasteiger partial charge >= 0.3 is 7.05 Å². The molecule has 1 heterocycles. The molecule has 154 valence electrons. The number of hydrogen-bond acceptors (Lipinski definition) is 3. The van der Waals surface area contributed by atoms with Gasteiger partial charge in [-0.05, 0) is 62.8 Å². The first-order valence-electron chi connectivity index (χ1n) is 9.88. The predicted octanol–water partition coefficient (Wildman–Crippen LogP) is 4.44. The van der Waals surface area contributed by atoms with E-state index in [0.29, 0.717) is 36.6 Å². The molecule has 4 nitrogen and oxygen atoms in total. The van der Waals surface area contributed by atoms with Crippen molar-refractivity contribution in [2.75, 3.05) is 13.2 Å². The maximum Gasteiger partial charge on any atom is 0.412 e. The second kappa shape index (κ2) is 8.86. The van der Waals surface area contributed by atoms with Crippen LogP contribution in [0.1, 0.15) is 25.8 Å². The lowest BCUT2D eigenvalue weighted by Gasteiger charge is -2.26. The largest absolute Gasteiger partial charge is 0.432 e. The standard InChI is InChI=1S/C22H26BClFNO3/c1-4-29-14-22(2)13-18(26(21(22)27)23(3)28)11-15-5-7-16(8-6-15)19-12-17(24)9-10-20(19)25/h5-10,12,18,28H,4,11,13-14H2,1-3H3/t18-,22+/m1/s1. The number of benzene rings is 2.